The Bertz CT molecular complexity index is 209. The topological polar surface area (TPSA) is 29.3 Å². The molecule has 0 aromatic heterocycles. The summed E-state index contributed by atoms with van der Waals surface area (Å²) in [6, 6.07) is 0.793. The molecule has 1 aliphatic heterocycles. The molecule has 0 spiro atoms. The van der Waals surface area contributed by atoms with E-state index in [2.05, 4.69) is 11.8 Å². The number of nitrogens with two attached hydrogens (primary N) is 1. The van der Waals surface area contributed by atoms with Crippen molar-refractivity contribution in [3.05, 3.63) is 0 Å². The normalized spacial score (nSPS) is 33.5. The van der Waals surface area contributed by atoms with E-state index >= 15 is 0 Å². The van der Waals surface area contributed by atoms with Crippen molar-refractivity contribution in [1.82, 2.24) is 4.90 Å². The maximum atomic E-state index is 5.84. The highest BCUT2D eigenvalue weighted by Gasteiger charge is 2.26. The zero-order valence-corrected chi connectivity index (χ0v) is 11.5. The molecule has 2 rings (SSSR count). The van der Waals surface area contributed by atoms with Crippen LogP contribution >= 0.6 is 0 Å². The third-order valence-corrected chi connectivity index (χ3v) is 4.91. The first kappa shape index (κ1) is 13.4. The lowest BCUT2D eigenvalue weighted by Gasteiger charge is -2.39. The lowest BCUT2D eigenvalue weighted by Crippen LogP contribution is -2.45. The standard InChI is InChI=1S/C15H30N2/c1-13-8-9-15(10-16)12-17(13)11-14-6-4-2-3-5-7-14/h13-15H,2-12,16H2,1H3. The third kappa shape index (κ3) is 3.96. The van der Waals surface area contributed by atoms with Crippen LogP contribution in [0.3, 0.4) is 0 Å². The van der Waals surface area contributed by atoms with Gasteiger partial charge in [-0.3, -0.25) is 0 Å². The van der Waals surface area contributed by atoms with Crippen molar-refractivity contribution in [2.45, 2.75) is 64.3 Å². The lowest BCUT2D eigenvalue weighted by atomic mass is 9.91. The van der Waals surface area contributed by atoms with Crippen LogP contribution in [0.25, 0.3) is 0 Å². The molecule has 2 aliphatic rings. The number of hydrogen-bond donors (Lipinski definition) is 1. The van der Waals surface area contributed by atoms with Crippen molar-refractivity contribution in [1.29, 1.82) is 0 Å². The summed E-state index contributed by atoms with van der Waals surface area (Å²) in [4.78, 5) is 2.73. The Hall–Kier alpha value is -0.0800. The van der Waals surface area contributed by atoms with Gasteiger partial charge in [0.2, 0.25) is 0 Å². The van der Waals surface area contributed by atoms with Gasteiger partial charge >= 0.3 is 0 Å². The van der Waals surface area contributed by atoms with Crippen LogP contribution in [-0.4, -0.2) is 30.6 Å². The monoisotopic (exact) mass is 238 g/mol. The summed E-state index contributed by atoms with van der Waals surface area (Å²) in [5.74, 6) is 1.73. The largest absolute Gasteiger partial charge is 0.330 e. The van der Waals surface area contributed by atoms with Crippen LogP contribution < -0.4 is 5.73 Å². The zero-order chi connectivity index (χ0) is 12.1. The van der Waals surface area contributed by atoms with Gasteiger partial charge < -0.3 is 10.6 Å². The first-order chi connectivity index (χ1) is 8.29. The van der Waals surface area contributed by atoms with Crippen molar-refractivity contribution in [2.24, 2.45) is 17.6 Å². The second kappa shape index (κ2) is 6.75. The van der Waals surface area contributed by atoms with Crippen LogP contribution in [-0.2, 0) is 0 Å². The molecule has 2 N–H and O–H groups in total. The predicted molar refractivity (Wildman–Crippen MR) is 74.0 cm³/mol. The van der Waals surface area contributed by atoms with Gasteiger partial charge in [0.1, 0.15) is 0 Å². The molecule has 1 saturated heterocycles. The molecule has 2 atom stereocenters. The molecule has 2 nitrogen and oxygen atoms in total. The van der Waals surface area contributed by atoms with Crippen LogP contribution in [0.15, 0.2) is 0 Å². The van der Waals surface area contributed by atoms with E-state index in [-0.39, 0.29) is 0 Å². The summed E-state index contributed by atoms with van der Waals surface area (Å²) in [7, 11) is 0. The second-order valence-electron chi connectivity index (χ2n) is 6.34. The minimum absolute atomic E-state index is 0.761. The van der Waals surface area contributed by atoms with Gasteiger partial charge in [-0.1, -0.05) is 25.7 Å². The van der Waals surface area contributed by atoms with Gasteiger partial charge in [-0.25, -0.2) is 0 Å². The van der Waals surface area contributed by atoms with Gasteiger partial charge in [-0.15, -0.1) is 0 Å². The van der Waals surface area contributed by atoms with Gasteiger partial charge in [0, 0.05) is 19.1 Å². The number of likely N-dealkylation sites (tertiary alicyclic amines) is 1. The highest BCUT2D eigenvalue weighted by atomic mass is 15.2. The molecule has 2 heteroatoms. The van der Waals surface area contributed by atoms with E-state index in [1.54, 1.807) is 0 Å². The molecule has 1 aliphatic carbocycles. The molecule has 2 fully saturated rings. The minimum Gasteiger partial charge on any atom is -0.330 e. The van der Waals surface area contributed by atoms with Crippen molar-refractivity contribution in [2.75, 3.05) is 19.6 Å². The van der Waals surface area contributed by atoms with E-state index in [1.807, 2.05) is 0 Å². The Kier molecular flexibility index (Phi) is 5.30. The quantitative estimate of drug-likeness (QED) is 0.766. The SMILES string of the molecule is CC1CCC(CN)CN1CC1CCCCCC1. The van der Waals surface area contributed by atoms with E-state index in [4.69, 9.17) is 5.73 Å². The average Bonchev–Trinajstić information content (AvgIpc) is 2.60. The molecule has 0 bridgehead atoms. The maximum absolute atomic E-state index is 5.84. The summed E-state index contributed by atoms with van der Waals surface area (Å²) in [5, 5.41) is 0. The zero-order valence-electron chi connectivity index (χ0n) is 11.5. The van der Waals surface area contributed by atoms with Crippen LogP contribution in [0.4, 0.5) is 0 Å². The molecule has 1 saturated carbocycles. The average molecular weight is 238 g/mol. The first-order valence-electron chi connectivity index (χ1n) is 7.73. The molecule has 17 heavy (non-hydrogen) atoms. The van der Waals surface area contributed by atoms with Gasteiger partial charge in [-0.05, 0) is 51.0 Å². The lowest BCUT2D eigenvalue weighted by molar-refractivity contribution is 0.0978. The van der Waals surface area contributed by atoms with Gasteiger partial charge in [-0.2, -0.15) is 0 Å². The summed E-state index contributed by atoms with van der Waals surface area (Å²) in [6.07, 6.45) is 11.5. The van der Waals surface area contributed by atoms with Crippen LogP contribution in [0.5, 0.6) is 0 Å². The molecule has 0 radical (unpaired) electrons. The fraction of sp³-hybridized carbons (Fsp3) is 1.00. The molecule has 0 amide bonds. The molecular weight excluding hydrogens is 208 g/mol. The summed E-state index contributed by atoms with van der Waals surface area (Å²) in [6.45, 7) is 5.89. The van der Waals surface area contributed by atoms with Crippen LogP contribution in [0.1, 0.15) is 58.3 Å². The number of hydrogen-bond acceptors (Lipinski definition) is 2. The molecule has 100 valence electrons. The Morgan fingerprint density at radius 3 is 2.29 bits per heavy atom. The van der Waals surface area contributed by atoms with Gasteiger partial charge in [0.15, 0.2) is 0 Å². The van der Waals surface area contributed by atoms with Gasteiger partial charge in [0.05, 0.1) is 0 Å². The fourth-order valence-electron chi connectivity index (χ4n) is 3.59. The van der Waals surface area contributed by atoms with Crippen molar-refractivity contribution in [3.8, 4) is 0 Å². The molecule has 2 unspecified atom stereocenters. The fourth-order valence-corrected chi connectivity index (χ4v) is 3.59. The second-order valence-corrected chi connectivity index (χ2v) is 6.34. The van der Waals surface area contributed by atoms with Gasteiger partial charge in [0.25, 0.3) is 0 Å². The third-order valence-electron chi connectivity index (χ3n) is 4.91. The van der Waals surface area contributed by atoms with Crippen molar-refractivity contribution < 1.29 is 0 Å². The Labute approximate surface area is 107 Å². The smallest absolute Gasteiger partial charge is 0.00672 e. The van der Waals surface area contributed by atoms with E-state index in [9.17, 15) is 0 Å². The summed E-state index contributed by atoms with van der Waals surface area (Å²) >= 11 is 0. The Morgan fingerprint density at radius 1 is 0.941 bits per heavy atom. The first-order valence-corrected chi connectivity index (χ1v) is 7.73. The summed E-state index contributed by atoms with van der Waals surface area (Å²) in [5.41, 5.74) is 5.84. The number of nitrogens with zero attached hydrogens (tertiary/aromatic N) is 1. The highest BCUT2D eigenvalue weighted by molar-refractivity contribution is 4.81. The Morgan fingerprint density at radius 2 is 1.65 bits per heavy atom. The number of piperidine rings is 1. The van der Waals surface area contributed by atoms with Crippen LogP contribution in [0.2, 0.25) is 0 Å². The molecular formula is C15H30N2. The number of rotatable bonds is 3. The van der Waals surface area contributed by atoms with E-state index in [0.29, 0.717) is 0 Å². The molecule has 0 aromatic carbocycles. The van der Waals surface area contributed by atoms with Crippen molar-refractivity contribution in [3.63, 3.8) is 0 Å². The van der Waals surface area contributed by atoms with Crippen molar-refractivity contribution >= 4 is 0 Å². The maximum Gasteiger partial charge on any atom is 0.00672 e. The predicted octanol–water partition coefficient (Wildman–Crippen LogP) is 3.02. The minimum atomic E-state index is 0.761. The van der Waals surface area contributed by atoms with E-state index in [1.165, 1.54) is 64.5 Å². The Balaban J connectivity index is 1.82. The van der Waals surface area contributed by atoms with E-state index in [0.717, 1.165) is 24.4 Å². The molecule has 0 aromatic rings. The highest BCUT2D eigenvalue weighted by Crippen LogP contribution is 2.27. The summed E-state index contributed by atoms with van der Waals surface area (Å²) < 4.78 is 0. The van der Waals surface area contributed by atoms with Crippen LogP contribution in [0, 0.1) is 11.8 Å². The molecule has 1 heterocycles. The van der Waals surface area contributed by atoms with E-state index < -0.39 is 0 Å².